The highest BCUT2D eigenvalue weighted by atomic mass is 16.5. The summed E-state index contributed by atoms with van der Waals surface area (Å²) in [6, 6.07) is 21.3. The first-order valence-corrected chi connectivity index (χ1v) is 12.4. The minimum Gasteiger partial charge on any atom is -0.508 e. The first kappa shape index (κ1) is 23.5. The Morgan fingerprint density at radius 1 is 1.03 bits per heavy atom. The predicted octanol–water partition coefficient (Wildman–Crippen LogP) is 5.67. The Labute approximate surface area is 207 Å². The minimum atomic E-state index is -0.317. The van der Waals surface area contributed by atoms with Gasteiger partial charge in [0.1, 0.15) is 30.0 Å². The topological polar surface area (TPSA) is 62.2 Å². The number of aliphatic hydroxyl groups is 1. The summed E-state index contributed by atoms with van der Waals surface area (Å²) in [5.41, 5.74) is 5.81. The summed E-state index contributed by atoms with van der Waals surface area (Å²) in [7, 11) is 0. The van der Waals surface area contributed by atoms with Crippen molar-refractivity contribution in [2.45, 2.75) is 33.0 Å². The van der Waals surface area contributed by atoms with Crippen LogP contribution in [0.5, 0.6) is 17.2 Å². The second-order valence-corrected chi connectivity index (χ2v) is 9.53. The van der Waals surface area contributed by atoms with Crippen LogP contribution in [-0.2, 0) is 6.61 Å². The van der Waals surface area contributed by atoms with Gasteiger partial charge in [0.2, 0.25) is 0 Å². The van der Waals surface area contributed by atoms with Gasteiger partial charge in [-0.05, 0) is 71.5 Å². The lowest BCUT2D eigenvalue weighted by Gasteiger charge is -2.38. The van der Waals surface area contributed by atoms with Gasteiger partial charge in [-0.15, -0.1) is 0 Å². The average Bonchev–Trinajstić information content (AvgIpc) is 2.86. The van der Waals surface area contributed by atoms with Crippen LogP contribution in [0.25, 0.3) is 11.1 Å². The van der Waals surface area contributed by atoms with Crippen molar-refractivity contribution >= 4 is 11.1 Å². The number of aromatic hydroxyl groups is 1. The van der Waals surface area contributed by atoms with E-state index in [1.165, 1.54) is 19.5 Å². The zero-order valence-electron chi connectivity index (χ0n) is 20.4. The van der Waals surface area contributed by atoms with E-state index >= 15 is 0 Å². The van der Waals surface area contributed by atoms with E-state index in [-0.39, 0.29) is 18.5 Å². The molecule has 1 atom stereocenters. The van der Waals surface area contributed by atoms with E-state index in [9.17, 15) is 10.2 Å². The number of fused-ring (bicyclic) bond motifs is 1. The fourth-order valence-corrected chi connectivity index (χ4v) is 5.03. The molecule has 2 N–H and O–H groups in total. The standard InChI is InChI=1S/C30H33NO4/c1-3-21-17-31(18-21)13-14-34-26-10-7-23(8-11-26)30-29(24-6-4-5-22(15-24)19-32)20(2)27-16-25(33)9-12-28(27)35-30/h4-12,15-16,21,30,32-33H,3,13-14,17-19H2,1-2H3. The third-order valence-corrected chi connectivity index (χ3v) is 7.17. The second kappa shape index (κ2) is 10.1. The molecule has 2 aliphatic rings. The van der Waals surface area contributed by atoms with Crippen LogP contribution in [0.2, 0.25) is 0 Å². The summed E-state index contributed by atoms with van der Waals surface area (Å²) in [5.74, 6) is 2.65. The maximum absolute atomic E-state index is 10.1. The molecule has 5 nitrogen and oxygen atoms in total. The van der Waals surface area contributed by atoms with Gasteiger partial charge in [-0.1, -0.05) is 43.7 Å². The van der Waals surface area contributed by atoms with Crippen molar-refractivity contribution in [1.82, 2.24) is 4.90 Å². The summed E-state index contributed by atoms with van der Waals surface area (Å²) in [6.07, 6.45) is 0.940. The number of likely N-dealkylation sites (tertiary alicyclic amines) is 1. The maximum Gasteiger partial charge on any atom is 0.150 e. The molecule has 0 radical (unpaired) electrons. The van der Waals surface area contributed by atoms with Crippen molar-refractivity contribution < 1.29 is 19.7 Å². The lowest BCUT2D eigenvalue weighted by atomic mass is 9.85. The predicted molar refractivity (Wildman–Crippen MR) is 138 cm³/mol. The van der Waals surface area contributed by atoms with E-state index in [4.69, 9.17) is 9.47 Å². The lowest BCUT2D eigenvalue weighted by Crippen LogP contribution is -2.47. The van der Waals surface area contributed by atoms with Gasteiger partial charge in [0.25, 0.3) is 0 Å². The average molecular weight is 472 g/mol. The third-order valence-electron chi connectivity index (χ3n) is 7.17. The third kappa shape index (κ3) is 4.93. The Balaban J connectivity index is 1.39. The second-order valence-electron chi connectivity index (χ2n) is 9.53. The molecule has 1 unspecified atom stereocenters. The smallest absolute Gasteiger partial charge is 0.150 e. The number of nitrogens with zero attached hydrogens (tertiary/aromatic N) is 1. The Morgan fingerprint density at radius 3 is 2.57 bits per heavy atom. The maximum atomic E-state index is 10.1. The molecule has 0 bridgehead atoms. The molecule has 0 amide bonds. The fraction of sp³-hybridized carbons (Fsp3) is 0.333. The Kier molecular flexibility index (Phi) is 6.80. The fourth-order valence-electron chi connectivity index (χ4n) is 5.03. The Bertz CT molecular complexity index is 1210. The van der Waals surface area contributed by atoms with Crippen LogP contribution in [0, 0.1) is 5.92 Å². The molecule has 3 aromatic rings. The SMILES string of the molecule is CCC1CN(CCOc2ccc(C3Oc4ccc(O)cc4C(C)=C3c3cccc(CO)c3)cc2)C1. The van der Waals surface area contributed by atoms with Gasteiger partial charge in [-0.2, -0.15) is 0 Å². The molecule has 2 aliphatic heterocycles. The number of phenols is 1. The monoisotopic (exact) mass is 471 g/mol. The molecule has 5 rings (SSSR count). The van der Waals surface area contributed by atoms with Crippen molar-refractivity contribution in [2.24, 2.45) is 5.92 Å². The molecule has 0 saturated carbocycles. The van der Waals surface area contributed by atoms with E-state index in [0.29, 0.717) is 6.61 Å². The zero-order valence-corrected chi connectivity index (χ0v) is 20.4. The van der Waals surface area contributed by atoms with E-state index in [1.54, 1.807) is 12.1 Å². The molecule has 2 heterocycles. The van der Waals surface area contributed by atoms with Gasteiger partial charge in [-0.3, -0.25) is 4.90 Å². The number of allylic oxidation sites excluding steroid dienone is 1. The molecule has 5 heteroatoms. The number of rotatable bonds is 8. The first-order valence-electron chi connectivity index (χ1n) is 12.4. The highest BCUT2D eigenvalue weighted by Gasteiger charge is 2.30. The number of aliphatic hydroxyl groups excluding tert-OH is 1. The first-order chi connectivity index (χ1) is 17.1. The zero-order chi connectivity index (χ0) is 24.4. The van der Waals surface area contributed by atoms with Crippen LogP contribution in [0.15, 0.2) is 66.7 Å². The van der Waals surface area contributed by atoms with Crippen LogP contribution in [-0.4, -0.2) is 41.4 Å². The minimum absolute atomic E-state index is 0.0222. The Morgan fingerprint density at radius 2 is 1.83 bits per heavy atom. The summed E-state index contributed by atoms with van der Waals surface area (Å²) in [6.45, 7) is 8.30. The van der Waals surface area contributed by atoms with Gasteiger partial charge in [-0.25, -0.2) is 0 Å². The summed E-state index contributed by atoms with van der Waals surface area (Å²) in [5, 5.41) is 19.8. The van der Waals surface area contributed by atoms with Gasteiger partial charge in [0, 0.05) is 30.8 Å². The van der Waals surface area contributed by atoms with Crippen molar-refractivity contribution in [3.63, 3.8) is 0 Å². The summed E-state index contributed by atoms with van der Waals surface area (Å²) < 4.78 is 12.5. The molecule has 1 saturated heterocycles. The largest absolute Gasteiger partial charge is 0.508 e. The van der Waals surface area contributed by atoms with Crippen LogP contribution in [0.4, 0.5) is 0 Å². The molecule has 1 fully saturated rings. The van der Waals surface area contributed by atoms with E-state index in [2.05, 4.69) is 30.9 Å². The number of hydrogen-bond donors (Lipinski definition) is 2. The molecular formula is C30H33NO4. The van der Waals surface area contributed by atoms with E-state index < -0.39 is 0 Å². The molecule has 3 aromatic carbocycles. The number of ether oxygens (including phenoxy) is 2. The number of phenolic OH excluding ortho intramolecular Hbond substituents is 1. The molecule has 0 aromatic heterocycles. The molecule has 0 aliphatic carbocycles. The summed E-state index contributed by atoms with van der Waals surface area (Å²) in [4.78, 5) is 2.44. The van der Waals surface area contributed by atoms with Crippen molar-refractivity contribution in [3.8, 4) is 17.2 Å². The number of benzene rings is 3. The van der Waals surface area contributed by atoms with Crippen molar-refractivity contribution in [2.75, 3.05) is 26.2 Å². The quantitative estimate of drug-likeness (QED) is 0.443. The van der Waals surface area contributed by atoms with E-state index in [1.807, 2.05) is 42.5 Å². The highest BCUT2D eigenvalue weighted by molar-refractivity contribution is 5.95. The number of hydrogen-bond acceptors (Lipinski definition) is 5. The van der Waals surface area contributed by atoms with E-state index in [0.717, 1.165) is 57.4 Å². The normalized spacial score (nSPS) is 18.1. The van der Waals surface area contributed by atoms with Gasteiger partial charge < -0.3 is 19.7 Å². The van der Waals surface area contributed by atoms with Gasteiger partial charge in [0.05, 0.1) is 6.61 Å². The van der Waals surface area contributed by atoms with Gasteiger partial charge >= 0.3 is 0 Å². The van der Waals surface area contributed by atoms with Crippen molar-refractivity contribution in [1.29, 1.82) is 0 Å². The highest BCUT2D eigenvalue weighted by Crippen LogP contribution is 2.47. The molecular weight excluding hydrogens is 438 g/mol. The summed E-state index contributed by atoms with van der Waals surface area (Å²) >= 11 is 0. The van der Waals surface area contributed by atoms with Crippen LogP contribution < -0.4 is 9.47 Å². The lowest BCUT2D eigenvalue weighted by molar-refractivity contribution is 0.0806. The molecule has 0 spiro atoms. The van der Waals surface area contributed by atoms with Gasteiger partial charge in [0.15, 0.2) is 0 Å². The van der Waals surface area contributed by atoms with Crippen LogP contribution >= 0.6 is 0 Å². The Hall–Kier alpha value is -3.28. The van der Waals surface area contributed by atoms with Crippen LogP contribution in [0.1, 0.15) is 48.6 Å². The van der Waals surface area contributed by atoms with Crippen LogP contribution in [0.3, 0.4) is 0 Å². The molecule has 35 heavy (non-hydrogen) atoms. The molecule has 182 valence electrons. The van der Waals surface area contributed by atoms with Crippen molar-refractivity contribution in [3.05, 3.63) is 89.0 Å².